The molecule has 0 radical (unpaired) electrons. The fraction of sp³-hybridized carbons (Fsp3) is 0.667. The fourth-order valence-electron chi connectivity index (χ4n) is 0.216. The van der Waals surface area contributed by atoms with Crippen molar-refractivity contribution < 1.29 is 26.8 Å². The summed E-state index contributed by atoms with van der Waals surface area (Å²) >= 11 is 0. The third kappa shape index (κ3) is 5.71. The van der Waals surface area contributed by atoms with Crippen LogP contribution in [0.4, 0.5) is 0 Å². The zero-order valence-electron chi connectivity index (χ0n) is 4.65. The van der Waals surface area contributed by atoms with Crippen molar-refractivity contribution in [2.24, 2.45) is 11.6 Å². The van der Waals surface area contributed by atoms with Gasteiger partial charge in [0.2, 0.25) is 0 Å². The molecule has 5 heteroatoms. The summed E-state index contributed by atoms with van der Waals surface area (Å²) in [5.41, 5.74) is 5.04. The summed E-state index contributed by atoms with van der Waals surface area (Å²) in [6, 6.07) is 0.155. The van der Waals surface area contributed by atoms with Gasteiger partial charge in [-0.1, -0.05) is 0 Å². The van der Waals surface area contributed by atoms with Gasteiger partial charge in [0, 0.05) is 0 Å². The molecule has 0 aliphatic carbocycles. The second kappa shape index (κ2) is 6.71. The van der Waals surface area contributed by atoms with Gasteiger partial charge in [0.1, 0.15) is 0 Å². The third-order valence-corrected chi connectivity index (χ3v) is 0.478. The maximum absolute atomic E-state index is 5.04. The Morgan fingerprint density at radius 3 is 2.38 bits per heavy atom. The highest BCUT2D eigenvalue weighted by Gasteiger charge is 1.88. The van der Waals surface area contributed by atoms with Gasteiger partial charge >= 0.3 is 6.02 Å². The Hall–Kier alpha value is -0.290. The molecule has 5 N–H and O–H groups in total. The molecule has 0 aromatic carbocycles. The lowest BCUT2D eigenvalue weighted by Crippen LogP contribution is -3.00. The molecule has 0 amide bonds. The molecule has 0 saturated carbocycles. The maximum atomic E-state index is 5.04. The van der Waals surface area contributed by atoms with Gasteiger partial charge < -0.3 is 21.8 Å². The Morgan fingerprint density at radius 1 is 1.75 bits per heavy atom. The van der Waals surface area contributed by atoms with Gasteiger partial charge in [-0.25, -0.2) is 4.99 Å². The first kappa shape index (κ1) is 10.6. The zero-order valence-corrected chi connectivity index (χ0v) is 6.23. The van der Waals surface area contributed by atoms with Gasteiger partial charge in [0.25, 0.3) is 0 Å². The molecule has 0 atom stereocenters. The predicted molar refractivity (Wildman–Crippen MR) is 26.0 cm³/mol. The number of nitrogens with two attached hydrogens (primary N) is 2. The minimum atomic E-state index is 0. The summed E-state index contributed by atoms with van der Waals surface area (Å²) < 4.78 is 0. The summed E-state index contributed by atoms with van der Waals surface area (Å²) in [5, 5.41) is 0. The number of nitrogens with one attached hydrogen (secondary N) is 1. The normalized spacial score (nSPS) is 10.0. The molecule has 50 valence electrons. The van der Waals surface area contributed by atoms with E-state index in [2.05, 4.69) is 15.7 Å². The van der Waals surface area contributed by atoms with E-state index < -0.39 is 0 Å². The first-order valence-corrected chi connectivity index (χ1v) is 2.04. The average Bonchev–Trinajstić information content (AvgIpc) is 1.68. The Morgan fingerprint density at radius 2 is 2.25 bits per heavy atom. The summed E-state index contributed by atoms with van der Waals surface area (Å²) in [4.78, 5) is 6.72. The summed E-state index contributed by atoms with van der Waals surface area (Å²) in [6.45, 7) is 2.62. The van der Waals surface area contributed by atoms with Crippen molar-refractivity contribution in [3.8, 4) is 0 Å². The van der Waals surface area contributed by atoms with Crippen LogP contribution in [-0.4, -0.2) is 12.6 Å². The first-order chi connectivity index (χ1) is 3.31. The standard InChI is InChI=1S/C3H9N3O.BrH/c1-2-6-3(4)7-5;/h2,5H2,1H3,(H2,4,6);1H. The predicted octanol–water partition coefficient (Wildman–Crippen LogP) is -5.70. The van der Waals surface area contributed by atoms with Crippen LogP contribution in [0.5, 0.6) is 0 Å². The number of hydrogen-bond donors (Lipinski definition) is 3. The number of halogens is 1. The van der Waals surface area contributed by atoms with Crippen molar-refractivity contribution in [2.45, 2.75) is 6.92 Å². The molecule has 0 heterocycles. The van der Waals surface area contributed by atoms with Crippen LogP contribution in [0.3, 0.4) is 0 Å². The monoisotopic (exact) mass is 183 g/mol. The molecule has 0 bridgehead atoms. The van der Waals surface area contributed by atoms with Gasteiger partial charge in [-0.2, -0.15) is 5.90 Å². The minimum absolute atomic E-state index is 0. The molecule has 0 aromatic rings. The number of hydrogen-bond acceptors (Lipinski definition) is 2. The van der Waals surface area contributed by atoms with E-state index in [9.17, 15) is 0 Å². The van der Waals surface area contributed by atoms with Crippen molar-refractivity contribution >= 4 is 6.02 Å². The molecule has 0 aromatic heterocycles. The summed E-state index contributed by atoms with van der Waals surface area (Å²) in [7, 11) is 0. The van der Waals surface area contributed by atoms with Gasteiger partial charge in [-0.15, -0.1) is 0 Å². The Kier molecular flexibility index (Phi) is 8.93. The zero-order chi connectivity index (χ0) is 5.70. The van der Waals surface area contributed by atoms with Gasteiger partial charge in [-0.05, 0) is 6.92 Å². The van der Waals surface area contributed by atoms with Crippen LogP contribution in [0.1, 0.15) is 6.92 Å². The number of amidine groups is 1. The molecule has 0 aliphatic heterocycles. The van der Waals surface area contributed by atoms with Crippen LogP contribution in [0, 0.1) is 0 Å². The largest absolute Gasteiger partial charge is 1.00 e. The molecule has 0 fully saturated rings. The van der Waals surface area contributed by atoms with Crippen LogP contribution >= 0.6 is 0 Å². The van der Waals surface area contributed by atoms with E-state index >= 15 is 0 Å². The van der Waals surface area contributed by atoms with E-state index in [1.165, 1.54) is 0 Å². The average molecular weight is 184 g/mol. The SMILES string of the molecule is CC[NH+]=C(N)ON.[Br-]. The van der Waals surface area contributed by atoms with Gasteiger partial charge in [0.15, 0.2) is 0 Å². The van der Waals surface area contributed by atoms with Gasteiger partial charge in [0.05, 0.1) is 6.54 Å². The van der Waals surface area contributed by atoms with E-state index in [1.807, 2.05) is 6.92 Å². The minimum Gasteiger partial charge on any atom is -1.00 e. The molecular formula is C3H10BrN3O. The topological polar surface area (TPSA) is 75.2 Å². The maximum Gasteiger partial charge on any atom is 0.458 e. The number of rotatable bonds is 1. The quantitative estimate of drug-likeness (QED) is 0.216. The molecule has 0 saturated heterocycles. The summed E-state index contributed by atoms with van der Waals surface area (Å²) in [5.74, 6) is 4.63. The highest BCUT2D eigenvalue weighted by atomic mass is 79.9. The fourth-order valence-corrected chi connectivity index (χ4v) is 0.216. The Bertz CT molecular complexity index is 74.9. The van der Waals surface area contributed by atoms with Crippen molar-refractivity contribution in [1.82, 2.24) is 0 Å². The van der Waals surface area contributed by atoms with Crippen LogP contribution in [-0.2, 0) is 4.84 Å². The van der Waals surface area contributed by atoms with E-state index in [-0.39, 0.29) is 23.0 Å². The van der Waals surface area contributed by atoms with E-state index in [0.29, 0.717) is 0 Å². The highest BCUT2D eigenvalue weighted by molar-refractivity contribution is 5.63. The molecule has 4 nitrogen and oxygen atoms in total. The van der Waals surface area contributed by atoms with Crippen molar-refractivity contribution in [3.63, 3.8) is 0 Å². The molecule has 0 rings (SSSR count). The Labute approximate surface area is 58.6 Å². The lowest BCUT2D eigenvalue weighted by molar-refractivity contribution is -0.464. The lowest BCUT2D eigenvalue weighted by atomic mass is 10.8. The van der Waals surface area contributed by atoms with Crippen molar-refractivity contribution in [3.05, 3.63) is 0 Å². The van der Waals surface area contributed by atoms with E-state index in [1.54, 1.807) is 0 Å². The van der Waals surface area contributed by atoms with E-state index in [4.69, 9.17) is 5.73 Å². The molecule has 0 unspecified atom stereocenters. The van der Waals surface area contributed by atoms with Crippen molar-refractivity contribution in [2.75, 3.05) is 6.54 Å². The third-order valence-electron chi connectivity index (χ3n) is 0.478. The molecule has 0 spiro atoms. The van der Waals surface area contributed by atoms with Gasteiger partial charge in [-0.3, -0.25) is 5.73 Å². The molecule has 8 heavy (non-hydrogen) atoms. The Balaban J connectivity index is 0. The highest BCUT2D eigenvalue weighted by Crippen LogP contribution is 1.37. The first-order valence-electron chi connectivity index (χ1n) is 2.04. The molecular weight excluding hydrogens is 174 g/mol. The van der Waals surface area contributed by atoms with Crippen LogP contribution in [0.15, 0.2) is 0 Å². The van der Waals surface area contributed by atoms with Crippen molar-refractivity contribution in [1.29, 1.82) is 0 Å². The molecule has 0 aliphatic rings. The summed E-state index contributed by atoms with van der Waals surface area (Å²) in [6.07, 6.45) is 0. The van der Waals surface area contributed by atoms with Crippen LogP contribution < -0.4 is 33.6 Å². The second-order valence-electron chi connectivity index (χ2n) is 1.01. The van der Waals surface area contributed by atoms with Crippen LogP contribution in [0.2, 0.25) is 0 Å². The van der Waals surface area contributed by atoms with E-state index in [0.717, 1.165) is 6.54 Å². The smallest absolute Gasteiger partial charge is 0.458 e. The lowest BCUT2D eigenvalue weighted by Gasteiger charge is -1.84. The van der Waals surface area contributed by atoms with Crippen LogP contribution in [0.25, 0.3) is 0 Å². The second-order valence-corrected chi connectivity index (χ2v) is 1.01.